The van der Waals surface area contributed by atoms with Gasteiger partial charge in [-0.25, -0.2) is 0 Å². The lowest BCUT2D eigenvalue weighted by Crippen LogP contribution is -2.29. The minimum Gasteiger partial charge on any atom is -0.504 e. The molecule has 1 aromatic heterocycles. The first-order valence-corrected chi connectivity index (χ1v) is 10.4. The van der Waals surface area contributed by atoms with Crippen molar-refractivity contribution in [2.45, 2.75) is 25.6 Å². The largest absolute Gasteiger partial charge is 0.504 e. The van der Waals surface area contributed by atoms with Crippen LogP contribution < -0.4 is 14.2 Å². The van der Waals surface area contributed by atoms with Gasteiger partial charge in [0.15, 0.2) is 23.0 Å². The number of phenolic OH excluding ortho intramolecular Hbond substituents is 1. The Bertz CT molecular complexity index is 1050. The standard InChI is InChI=1S/C24H26N2O4/c1-28-21-8-6-18(15-20(21)27)24-19-4-2-9-25(19)10-3-11-26(24)16-17-5-7-22-23(14-17)30-13-12-29-22/h2,4-9,14-15,24,27H,3,10-13,16H2,1H3. The van der Waals surface area contributed by atoms with Gasteiger partial charge in [0, 0.05) is 31.5 Å². The number of methoxy groups -OCH3 is 1. The van der Waals surface area contributed by atoms with Crippen LogP contribution in [0.15, 0.2) is 54.7 Å². The molecule has 0 fully saturated rings. The Morgan fingerprint density at radius 2 is 1.90 bits per heavy atom. The minimum absolute atomic E-state index is 0.0347. The molecule has 1 atom stereocenters. The normalized spacial score (nSPS) is 18.5. The number of benzene rings is 2. The van der Waals surface area contributed by atoms with Crippen LogP contribution in [-0.4, -0.2) is 41.4 Å². The topological polar surface area (TPSA) is 56.1 Å². The highest BCUT2D eigenvalue weighted by Gasteiger charge is 2.28. The van der Waals surface area contributed by atoms with Crippen molar-refractivity contribution in [3.63, 3.8) is 0 Å². The molecule has 1 N–H and O–H groups in total. The van der Waals surface area contributed by atoms with Crippen molar-refractivity contribution in [3.05, 3.63) is 71.5 Å². The summed E-state index contributed by atoms with van der Waals surface area (Å²) in [5, 5.41) is 10.4. The summed E-state index contributed by atoms with van der Waals surface area (Å²) < 4.78 is 19.0. The van der Waals surface area contributed by atoms with Crippen LogP contribution >= 0.6 is 0 Å². The second kappa shape index (κ2) is 7.95. The highest BCUT2D eigenvalue weighted by molar-refractivity contribution is 5.46. The van der Waals surface area contributed by atoms with E-state index in [0.29, 0.717) is 19.0 Å². The number of aromatic hydroxyl groups is 1. The number of ether oxygens (including phenoxy) is 3. The molecule has 5 rings (SSSR count). The lowest BCUT2D eigenvalue weighted by Gasteiger charge is -2.31. The zero-order valence-electron chi connectivity index (χ0n) is 17.1. The maximum Gasteiger partial charge on any atom is 0.161 e. The molecule has 3 heterocycles. The highest BCUT2D eigenvalue weighted by Crippen LogP contribution is 2.38. The third kappa shape index (κ3) is 3.48. The monoisotopic (exact) mass is 406 g/mol. The van der Waals surface area contributed by atoms with Crippen LogP contribution in [0.4, 0.5) is 0 Å². The van der Waals surface area contributed by atoms with Crippen LogP contribution in [0.5, 0.6) is 23.0 Å². The van der Waals surface area contributed by atoms with E-state index in [4.69, 9.17) is 14.2 Å². The predicted molar refractivity (Wildman–Crippen MR) is 113 cm³/mol. The molecule has 0 amide bonds. The molecule has 0 saturated heterocycles. The number of hydrogen-bond acceptors (Lipinski definition) is 5. The first kappa shape index (κ1) is 18.9. The van der Waals surface area contributed by atoms with Gasteiger partial charge in [0.1, 0.15) is 13.2 Å². The van der Waals surface area contributed by atoms with E-state index in [9.17, 15) is 5.11 Å². The van der Waals surface area contributed by atoms with Gasteiger partial charge in [-0.3, -0.25) is 4.90 Å². The third-order valence-corrected chi connectivity index (χ3v) is 5.87. The molecule has 2 aromatic carbocycles. The maximum absolute atomic E-state index is 10.4. The molecule has 0 radical (unpaired) electrons. The lowest BCUT2D eigenvalue weighted by molar-refractivity contribution is 0.170. The Morgan fingerprint density at radius 3 is 2.73 bits per heavy atom. The number of phenols is 1. The zero-order chi connectivity index (χ0) is 20.5. The van der Waals surface area contributed by atoms with Gasteiger partial charge < -0.3 is 23.9 Å². The Hall–Kier alpha value is -3.12. The van der Waals surface area contributed by atoms with E-state index < -0.39 is 0 Å². The molecule has 2 aliphatic heterocycles. The highest BCUT2D eigenvalue weighted by atomic mass is 16.6. The molecule has 1 unspecified atom stereocenters. The van der Waals surface area contributed by atoms with Crippen LogP contribution in [0, 0.1) is 0 Å². The summed E-state index contributed by atoms with van der Waals surface area (Å²) in [5.41, 5.74) is 3.46. The molecule has 0 bridgehead atoms. The first-order valence-electron chi connectivity index (χ1n) is 10.4. The van der Waals surface area contributed by atoms with E-state index >= 15 is 0 Å². The molecule has 3 aromatic rings. The van der Waals surface area contributed by atoms with Crippen molar-refractivity contribution in [1.29, 1.82) is 0 Å². The van der Waals surface area contributed by atoms with Gasteiger partial charge in [-0.1, -0.05) is 12.1 Å². The average molecular weight is 406 g/mol. The molecule has 0 aliphatic carbocycles. The Kier molecular flexibility index (Phi) is 5.01. The van der Waals surface area contributed by atoms with E-state index in [1.807, 2.05) is 24.3 Å². The number of aryl methyl sites for hydroxylation is 1. The maximum atomic E-state index is 10.4. The van der Waals surface area contributed by atoms with Gasteiger partial charge in [0.25, 0.3) is 0 Å². The summed E-state index contributed by atoms with van der Waals surface area (Å²) in [6.45, 7) is 3.89. The summed E-state index contributed by atoms with van der Waals surface area (Å²) >= 11 is 0. The molecule has 2 aliphatic rings. The number of hydrogen-bond donors (Lipinski definition) is 1. The summed E-state index contributed by atoms with van der Waals surface area (Å²) in [5.74, 6) is 2.28. The number of rotatable bonds is 4. The van der Waals surface area contributed by atoms with Crippen LogP contribution in [0.2, 0.25) is 0 Å². The van der Waals surface area contributed by atoms with Crippen LogP contribution in [0.1, 0.15) is 29.3 Å². The second-order valence-corrected chi connectivity index (χ2v) is 7.76. The smallest absolute Gasteiger partial charge is 0.161 e. The lowest BCUT2D eigenvalue weighted by atomic mass is 10.00. The van der Waals surface area contributed by atoms with Crippen molar-refractivity contribution < 1.29 is 19.3 Å². The Labute approximate surface area is 176 Å². The molecular weight excluding hydrogens is 380 g/mol. The predicted octanol–water partition coefficient (Wildman–Crippen LogP) is 3.97. The van der Waals surface area contributed by atoms with Gasteiger partial charge in [-0.15, -0.1) is 0 Å². The molecule has 6 nitrogen and oxygen atoms in total. The van der Waals surface area contributed by atoms with Crippen LogP contribution in [0.25, 0.3) is 0 Å². The minimum atomic E-state index is 0.0347. The van der Waals surface area contributed by atoms with E-state index in [1.165, 1.54) is 11.3 Å². The molecule has 6 heteroatoms. The fourth-order valence-corrected chi connectivity index (χ4v) is 4.49. The number of nitrogens with zero attached hydrogens (tertiary/aromatic N) is 2. The van der Waals surface area contributed by atoms with Gasteiger partial charge in [0.05, 0.1) is 13.2 Å². The second-order valence-electron chi connectivity index (χ2n) is 7.76. The van der Waals surface area contributed by atoms with Crippen LogP contribution in [0.3, 0.4) is 0 Å². The third-order valence-electron chi connectivity index (χ3n) is 5.87. The van der Waals surface area contributed by atoms with Gasteiger partial charge >= 0.3 is 0 Å². The molecular formula is C24H26N2O4. The fraction of sp³-hybridized carbons (Fsp3) is 0.333. The van der Waals surface area contributed by atoms with E-state index in [1.54, 1.807) is 7.11 Å². The summed E-state index contributed by atoms with van der Waals surface area (Å²) in [7, 11) is 1.57. The quantitative estimate of drug-likeness (QED) is 0.711. The van der Waals surface area contributed by atoms with Crippen LogP contribution in [-0.2, 0) is 13.1 Å². The summed E-state index contributed by atoms with van der Waals surface area (Å²) in [4.78, 5) is 2.46. The molecule has 0 spiro atoms. The fourth-order valence-electron chi connectivity index (χ4n) is 4.49. The van der Waals surface area contributed by atoms with E-state index in [2.05, 4.69) is 39.9 Å². The van der Waals surface area contributed by atoms with Crippen molar-refractivity contribution in [2.75, 3.05) is 26.9 Å². The summed E-state index contributed by atoms with van der Waals surface area (Å²) in [6.07, 6.45) is 3.20. The van der Waals surface area contributed by atoms with Crippen molar-refractivity contribution in [1.82, 2.24) is 9.47 Å². The van der Waals surface area contributed by atoms with Crippen molar-refractivity contribution >= 4 is 0 Å². The van der Waals surface area contributed by atoms with Gasteiger partial charge in [0.2, 0.25) is 0 Å². The SMILES string of the molecule is COc1ccc(C2c3cccn3CCCN2Cc2ccc3c(c2)OCCO3)cc1O. The zero-order valence-corrected chi connectivity index (χ0v) is 17.1. The van der Waals surface area contributed by atoms with E-state index in [-0.39, 0.29) is 11.8 Å². The van der Waals surface area contributed by atoms with Gasteiger partial charge in [-0.05, 0) is 53.9 Å². The molecule has 0 saturated carbocycles. The number of aromatic nitrogens is 1. The van der Waals surface area contributed by atoms with Gasteiger partial charge in [-0.2, -0.15) is 0 Å². The first-order chi connectivity index (χ1) is 14.7. The number of fused-ring (bicyclic) bond motifs is 2. The average Bonchev–Trinajstić information content (AvgIpc) is 3.15. The summed E-state index contributed by atoms with van der Waals surface area (Å²) in [6, 6.07) is 16.2. The Balaban J connectivity index is 1.51. The Morgan fingerprint density at radius 1 is 1.03 bits per heavy atom. The van der Waals surface area contributed by atoms with Crippen molar-refractivity contribution in [2.24, 2.45) is 0 Å². The molecule has 30 heavy (non-hydrogen) atoms. The molecule has 156 valence electrons. The van der Waals surface area contributed by atoms with Crippen molar-refractivity contribution in [3.8, 4) is 23.0 Å². The van der Waals surface area contributed by atoms with E-state index in [0.717, 1.165) is 43.1 Å².